The Morgan fingerprint density at radius 3 is 2.14 bits per heavy atom. The number of rotatable bonds is 6. The second kappa shape index (κ2) is 9.73. The maximum Gasteiger partial charge on any atom is 0.412 e. The molecule has 0 saturated carbocycles. The minimum absolute atomic E-state index is 0.0142. The Bertz CT molecular complexity index is 1690. The van der Waals surface area contributed by atoms with Crippen LogP contribution in [0.15, 0.2) is 88.8 Å². The molecule has 4 aromatic rings. The topological polar surface area (TPSA) is 124 Å². The molecule has 0 radical (unpaired) electrons. The number of sulfonamides is 1. The van der Waals surface area contributed by atoms with E-state index >= 15 is 0 Å². The molecule has 1 aromatic heterocycles. The van der Waals surface area contributed by atoms with Crippen molar-refractivity contribution in [1.29, 1.82) is 0 Å². The highest BCUT2D eigenvalue weighted by atomic mass is 35.5. The van der Waals surface area contributed by atoms with Crippen molar-refractivity contribution in [2.75, 3.05) is 10.0 Å². The lowest BCUT2D eigenvalue weighted by Gasteiger charge is -2.20. The van der Waals surface area contributed by atoms with E-state index in [1.165, 1.54) is 48.5 Å². The van der Waals surface area contributed by atoms with Crippen LogP contribution in [0.1, 0.15) is 20.8 Å². The third-order valence-electron chi connectivity index (χ3n) is 5.05. The monoisotopic (exact) mass is 561 g/mol. The molecular weight excluding hydrogens is 538 g/mol. The van der Waals surface area contributed by atoms with E-state index in [-0.39, 0.29) is 21.8 Å². The zero-order valence-corrected chi connectivity index (χ0v) is 22.5. The smallest absolute Gasteiger partial charge is 0.412 e. The molecule has 3 aromatic carbocycles. The van der Waals surface area contributed by atoms with E-state index in [1.54, 1.807) is 51.1 Å². The van der Waals surface area contributed by atoms with Crippen molar-refractivity contribution in [1.82, 2.24) is 3.97 Å². The summed E-state index contributed by atoms with van der Waals surface area (Å²) in [6.07, 6.45) is -0.783. The summed E-state index contributed by atoms with van der Waals surface area (Å²) in [7, 11) is -8.83. The summed E-state index contributed by atoms with van der Waals surface area (Å²) in [5.74, 6) is 0. The zero-order chi connectivity index (χ0) is 27.0. The van der Waals surface area contributed by atoms with E-state index in [1.807, 2.05) is 0 Å². The first-order valence-electron chi connectivity index (χ1n) is 11.0. The summed E-state index contributed by atoms with van der Waals surface area (Å²) in [6.45, 7) is 5.08. The maximum absolute atomic E-state index is 13.6. The minimum Gasteiger partial charge on any atom is -0.444 e. The number of hydrogen-bond acceptors (Lipinski definition) is 6. The molecule has 1 amide bonds. The average Bonchev–Trinajstić information content (AvgIpc) is 3.20. The molecule has 1 heterocycles. The Kier molecular flexibility index (Phi) is 6.97. The van der Waals surface area contributed by atoms with Crippen LogP contribution in [0, 0.1) is 0 Å². The highest BCUT2D eigenvalue weighted by Gasteiger charge is 2.30. The Balaban J connectivity index is 1.82. The van der Waals surface area contributed by atoms with Gasteiger partial charge in [0, 0.05) is 10.4 Å². The van der Waals surface area contributed by atoms with E-state index in [9.17, 15) is 21.6 Å². The van der Waals surface area contributed by atoms with Crippen molar-refractivity contribution in [3.8, 4) is 0 Å². The van der Waals surface area contributed by atoms with Gasteiger partial charge < -0.3 is 4.74 Å². The fraction of sp³-hybridized carbons (Fsp3) is 0.160. The predicted molar refractivity (Wildman–Crippen MR) is 143 cm³/mol. The number of carbonyl (C=O) groups is 1. The second-order valence-electron chi connectivity index (χ2n) is 9.05. The van der Waals surface area contributed by atoms with E-state index in [2.05, 4.69) is 10.0 Å². The van der Waals surface area contributed by atoms with Gasteiger partial charge in [-0.05, 0) is 69.3 Å². The number of amides is 1. The molecule has 2 N–H and O–H groups in total. The number of para-hydroxylation sites is 2. The van der Waals surface area contributed by atoms with Crippen molar-refractivity contribution < 1.29 is 26.4 Å². The lowest BCUT2D eigenvalue weighted by molar-refractivity contribution is 0.0636. The summed E-state index contributed by atoms with van der Waals surface area (Å²) in [6, 6.07) is 19.2. The normalized spacial score (nSPS) is 12.3. The molecule has 12 heteroatoms. The van der Waals surface area contributed by atoms with Gasteiger partial charge >= 0.3 is 6.09 Å². The SMILES string of the molecule is CC(C)(C)OC(=O)Nc1ccccc1NS(=O)(=O)c1cc2cc(Cl)ccc2n1S(=O)(=O)c1ccccc1. The number of hydrogen-bond donors (Lipinski definition) is 2. The van der Waals surface area contributed by atoms with E-state index in [0.29, 0.717) is 10.4 Å². The van der Waals surface area contributed by atoms with Crippen LogP contribution in [0.2, 0.25) is 5.02 Å². The molecule has 0 atom stereocenters. The number of nitrogens with one attached hydrogen (secondary N) is 2. The summed E-state index contributed by atoms with van der Waals surface area (Å²) < 4.78 is 63.0. The summed E-state index contributed by atoms with van der Waals surface area (Å²) >= 11 is 6.09. The van der Waals surface area contributed by atoms with Crippen LogP contribution in [-0.4, -0.2) is 32.5 Å². The molecule has 0 bridgehead atoms. The predicted octanol–water partition coefficient (Wildman–Crippen LogP) is 5.68. The standard InChI is InChI=1S/C25H24ClN3O6S2/c1-25(2,3)35-24(30)27-20-11-7-8-12-21(20)28-36(31,32)23-16-17-15-18(26)13-14-22(17)29(23)37(33,34)19-9-5-4-6-10-19/h4-16,28H,1-3H3,(H,27,30). The molecule has 0 aliphatic carbocycles. The van der Waals surface area contributed by atoms with Crippen molar-refractivity contribution in [3.05, 3.63) is 83.9 Å². The molecule has 37 heavy (non-hydrogen) atoms. The third kappa shape index (κ3) is 5.74. The summed E-state index contributed by atoms with van der Waals surface area (Å²) in [5, 5.41) is 2.61. The molecule has 4 rings (SSSR count). The van der Waals surface area contributed by atoms with Crippen molar-refractivity contribution in [3.63, 3.8) is 0 Å². The maximum atomic E-state index is 13.6. The number of carbonyl (C=O) groups excluding carboxylic acids is 1. The third-order valence-corrected chi connectivity index (χ3v) is 8.48. The molecular formula is C25H24ClN3O6S2. The van der Waals surface area contributed by atoms with E-state index < -0.39 is 36.8 Å². The Labute approximate surface area is 220 Å². The molecule has 0 spiro atoms. The second-order valence-corrected chi connectivity index (χ2v) is 12.9. The quantitative estimate of drug-likeness (QED) is 0.312. The van der Waals surface area contributed by atoms with E-state index in [0.717, 1.165) is 3.97 Å². The molecule has 0 unspecified atom stereocenters. The van der Waals surface area contributed by atoms with Gasteiger partial charge in [0.2, 0.25) is 0 Å². The first-order valence-corrected chi connectivity index (χ1v) is 14.3. The highest BCUT2D eigenvalue weighted by molar-refractivity contribution is 7.94. The van der Waals surface area contributed by atoms with Gasteiger partial charge in [0.1, 0.15) is 5.60 Å². The molecule has 0 aliphatic heterocycles. The number of anilines is 2. The first-order chi connectivity index (χ1) is 17.3. The zero-order valence-electron chi connectivity index (χ0n) is 20.1. The Hall–Kier alpha value is -3.54. The summed E-state index contributed by atoms with van der Waals surface area (Å²) in [4.78, 5) is 12.2. The van der Waals surface area contributed by atoms with Gasteiger partial charge in [-0.25, -0.2) is 17.2 Å². The van der Waals surface area contributed by atoms with Crippen molar-refractivity contribution in [2.24, 2.45) is 0 Å². The molecule has 0 saturated heterocycles. The van der Waals surface area contributed by atoms with Crippen LogP contribution < -0.4 is 10.0 Å². The number of benzene rings is 3. The summed E-state index contributed by atoms with van der Waals surface area (Å²) in [5.41, 5.74) is -0.502. The van der Waals surface area contributed by atoms with Gasteiger partial charge in [-0.3, -0.25) is 10.0 Å². The number of halogens is 1. The van der Waals surface area contributed by atoms with Crippen molar-refractivity contribution >= 4 is 60.0 Å². The molecule has 0 aliphatic rings. The fourth-order valence-corrected chi connectivity index (χ4v) is 6.93. The molecule has 0 fully saturated rings. The Morgan fingerprint density at radius 2 is 1.49 bits per heavy atom. The van der Waals surface area contributed by atoms with Crippen LogP contribution in [0.25, 0.3) is 10.9 Å². The van der Waals surface area contributed by atoms with Crippen molar-refractivity contribution in [2.45, 2.75) is 36.3 Å². The van der Waals surface area contributed by atoms with Crippen LogP contribution in [0.4, 0.5) is 16.2 Å². The van der Waals surface area contributed by atoms with Crippen LogP contribution in [0.3, 0.4) is 0 Å². The fourth-order valence-electron chi connectivity index (χ4n) is 3.56. The van der Waals surface area contributed by atoms with Gasteiger partial charge in [0.25, 0.3) is 20.0 Å². The van der Waals surface area contributed by atoms with Crippen LogP contribution >= 0.6 is 11.6 Å². The lowest BCUT2D eigenvalue weighted by atomic mass is 10.2. The number of ether oxygens (including phenoxy) is 1. The molecule has 194 valence electrons. The van der Waals surface area contributed by atoms with Gasteiger partial charge in [-0.2, -0.15) is 8.42 Å². The van der Waals surface area contributed by atoms with Gasteiger partial charge in [-0.15, -0.1) is 0 Å². The number of nitrogens with zero attached hydrogens (tertiary/aromatic N) is 1. The highest BCUT2D eigenvalue weighted by Crippen LogP contribution is 2.32. The van der Waals surface area contributed by atoms with Crippen LogP contribution in [-0.2, 0) is 24.8 Å². The van der Waals surface area contributed by atoms with Gasteiger partial charge in [-0.1, -0.05) is 41.9 Å². The lowest BCUT2D eigenvalue weighted by Crippen LogP contribution is -2.28. The Morgan fingerprint density at radius 1 is 0.865 bits per heavy atom. The van der Waals surface area contributed by atoms with E-state index in [4.69, 9.17) is 16.3 Å². The number of fused-ring (bicyclic) bond motifs is 1. The van der Waals surface area contributed by atoms with Gasteiger partial charge in [0.05, 0.1) is 21.8 Å². The number of aromatic nitrogens is 1. The average molecular weight is 562 g/mol. The van der Waals surface area contributed by atoms with Gasteiger partial charge in [0.15, 0.2) is 5.03 Å². The van der Waals surface area contributed by atoms with Crippen LogP contribution in [0.5, 0.6) is 0 Å². The largest absolute Gasteiger partial charge is 0.444 e. The molecule has 9 nitrogen and oxygen atoms in total. The first kappa shape index (κ1) is 26.5. The minimum atomic E-state index is -4.50.